The van der Waals surface area contributed by atoms with Crippen LogP contribution >= 0.6 is 0 Å². The number of nitrogens with two attached hydrogens (primary N) is 1. The monoisotopic (exact) mass is 408 g/mol. The Morgan fingerprint density at radius 2 is 1.97 bits per heavy atom. The lowest BCUT2D eigenvalue weighted by Gasteiger charge is -2.38. The summed E-state index contributed by atoms with van der Waals surface area (Å²) in [6.07, 6.45) is 4.67. The van der Waals surface area contributed by atoms with E-state index in [0.717, 1.165) is 17.7 Å². The summed E-state index contributed by atoms with van der Waals surface area (Å²) >= 11 is 0. The Labute approximate surface area is 176 Å². The lowest BCUT2D eigenvalue weighted by Crippen LogP contribution is -2.51. The van der Waals surface area contributed by atoms with Crippen molar-refractivity contribution in [2.24, 2.45) is 5.92 Å². The first kappa shape index (κ1) is 21.4. The standard InChI is InChI=1S/C23H28N4O3/c1-26(2)9-3-4-23(29)27-13-16(14-27)15-30-22-11-18(10-21(25)20(22)12-24)17-5-7-19(28)8-6-17/h3-8,10-12,16,24,28H,9,13-15,25H2,1-2H3/b4-3+,24-12?. The predicted octanol–water partition coefficient (Wildman–Crippen LogP) is 2.59. The highest BCUT2D eigenvalue weighted by molar-refractivity contribution is 5.91. The van der Waals surface area contributed by atoms with Gasteiger partial charge in [-0.25, -0.2) is 0 Å². The number of likely N-dealkylation sites (tertiary alicyclic amines) is 1. The number of nitrogen functional groups attached to an aromatic ring is 1. The number of likely N-dealkylation sites (N-methyl/N-ethyl adjacent to an activating group) is 1. The van der Waals surface area contributed by atoms with Crippen molar-refractivity contribution in [2.75, 3.05) is 46.1 Å². The van der Waals surface area contributed by atoms with Crippen molar-refractivity contribution in [3.63, 3.8) is 0 Å². The molecule has 1 amide bonds. The largest absolute Gasteiger partial charge is 0.508 e. The Morgan fingerprint density at radius 1 is 1.27 bits per heavy atom. The number of phenols is 1. The van der Waals surface area contributed by atoms with Crippen LogP contribution < -0.4 is 10.5 Å². The van der Waals surface area contributed by atoms with E-state index in [0.29, 0.717) is 36.7 Å². The third kappa shape index (κ3) is 5.18. The molecule has 2 aromatic rings. The molecule has 1 aliphatic heterocycles. The molecule has 0 aromatic heterocycles. The summed E-state index contributed by atoms with van der Waals surface area (Å²) in [6.45, 7) is 2.48. The second-order valence-corrected chi connectivity index (χ2v) is 7.75. The summed E-state index contributed by atoms with van der Waals surface area (Å²) in [7, 11) is 3.91. The Balaban J connectivity index is 1.62. The van der Waals surface area contributed by atoms with E-state index in [1.165, 1.54) is 6.21 Å². The Bertz CT molecular complexity index is 932. The number of hydrogen-bond donors (Lipinski definition) is 3. The highest BCUT2D eigenvalue weighted by atomic mass is 16.5. The quantitative estimate of drug-likeness (QED) is 0.354. The van der Waals surface area contributed by atoms with Crippen molar-refractivity contribution in [1.29, 1.82) is 5.41 Å². The van der Waals surface area contributed by atoms with Gasteiger partial charge in [0.1, 0.15) is 11.5 Å². The summed E-state index contributed by atoms with van der Waals surface area (Å²) in [5.74, 6) is 1.00. The van der Waals surface area contributed by atoms with E-state index in [9.17, 15) is 9.90 Å². The zero-order valence-corrected chi connectivity index (χ0v) is 17.3. The summed E-state index contributed by atoms with van der Waals surface area (Å²) in [5.41, 5.74) is 8.88. The van der Waals surface area contributed by atoms with Gasteiger partial charge in [0.15, 0.2) is 0 Å². The molecule has 4 N–H and O–H groups in total. The second kappa shape index (κ2) is 9.45. The van der Waals surface area contributed by atoms with Gasteiger partial charge in [-0.2, -0.15) is 0 Å². The Kier molecular flexibility index (Phi) is 6.74. The lowest BCUT2D eigenvalue weighted by atomic mass is 10.00. The summed E-state index contributed by atoms with van der Waals surface area (Å²) in [6, 6.07) is 10.5. The van der Waals surface area contributed by atoms with Gasteiger partial charge in [-0.3, -0.25) is 4.79 Å². The van der Waals surface area contributed by atoms with Crippen LogP contribution in [0.25, 0.3) is 11.1 Å². The number of aromatic hydroxyl groups is 1. The van der Waals surface area contributed by atoms with Gasteiger partial charge in [-0.15, -0.1) is 0 Å². The topological polar surface area (TPSA) is 103 Å². The number of carbonyl (C=O) groups excluding carboxylic acids is 1. The molecule has 0 bridgehead atoms. The van der Waals surface area contributed by atoms with Crippen molar-refractivity contribution < 1.29 is 14.6 Å². The lowest BCUT2D eigenvalue weighted by molar-refractivity contribution is -0.132. The van der Waals surface area contributed by atoms with Crippen LogP contribution in [0.2, 0.25) is 0 Å². The fourth-order valence-corrected chi connectivity index (χ4v) is 3.28. The van der Waals surface area contributed by atoms with Crippen LogP contribution in [-0.4, -0.2) is 67.4 Å². The number of nitrogens with zero attached hydrogens (tertiary/aromatic N) is 2. The normalized spacial score (nSPS) is 14.2. The van der Waals surface area contributed by atoms with E-state index >= 15 is 0 Å². The molecule has 0 atom stereocenters. The number of hydrogen-bond acceptors (Lipinski definition) is 6. The third-order valence-electron chi connectivity index (χ3n) is 4.99. The molecular formula is C23H28N4O3. The summed E-state index contributed by atoms with van der Waals surface area (Å²) in [4.78, 5) is 15.9. The van der Waals surface area contributed by atoms with Crippen LogP contribution in [0.3, 0.4) is 0 Å². The molecule has 158 valence electrons. The van der Waals surface area contributed by atoms with Crippen LogP contribution in [0.1, 0.15) is 5.56 Å². The van der Waals surface area contributed by atoms with Gasteiger partial charge < -0.3 is 30.8 Å². The Morgan fingerprint density at radius 3 is 2.60 bits per heavy atom. The highest BCUT2D eigenvalue weighted by Crippen LogP contribution is 2.32. The molecule has 1 fully saturated rings. The molecule has 7 heteroatoms. The molecule has 7 nitrogen and oxygen atoms in total. The number of nitrogens with one attached hydrogen (secondary N) is 1. The van der Waals surface area contributed by atoms with Crippen molar-refractivity contribution in [2.45, 2.75) is 0 Å². The third-order valence-corrected chi connectivity index (χ3v) is 4.99. The molecule has 3 rings (SSSR count). The molecule has 30 heavy (non-hydrogen) atoms. The first-order valence-electron chi connectivity index (χ1n) is 9.83. The van der Waals surface area contributed by atoms with E-state index < -0.39 is 0 Å². The minimum absolute atomic E-state index is 0.0202. The maximum Gasteiger partial charge on any atom is 0.246 e. The molecule has 0 unspecified atom stereocenters. The molecule has 0 radical (unpaired) electrons. The van der Waals surface area contributed by atoms with E-state index in [-0.39, 0.29) is 17.6 Å². The van der Waals surface area contributed by atoms with Gasteiger partial charge in [-0.05, 0) is 49.5 Å². The molecule has 0 saturated carbocycles. The van der Waals surface area contributed by atoms with E-state index in [2.05, 4.69) is 0 Å². The zero-order chi connectivity index (χ0) is 21.7. The summed E-state index contributed by atoms with van der Waals surface area (Å²) < 4.78 is 6.00. The minimum atomic E-state index is 0.0202. The first-order chi connectivity index (χ1) is 14.4. The number of amides is 1. The van der Waals surface area contributed by atoms with Crippen LogP contribution in [0.5, 0.6) is 11.5 Å². The maximum absolute atomic E-state index is 12.1. The number of benzene rings is 2. The molecule has 1 heterocycles. The number of carbonyl (C=O) groups is 1. The average Bonchev–Trinajstić information content (AvgIpc) is 2.66. The van der Waals surface area contributed by atoms with Crippen molar-refractivity contribution in [1.82, 2.24) is 9.80 Å². The van der Waals surface area contributed by atoms with Gasteiger partial charge in [-0.1, -0.05) is 18.2 Å². The molecule has 0 spiro atoms. The van der Waals surface area contributed by atoms with Crippen molar-refractivity contribution >= 4 is 17.8 Å². The van der Waals surface area contributed by atoms with Crippen LogP contribution in [0, 0.1) is 11.3 Å². The minimum Gasteiger partial charge on any atom is -0.508 e. The maximum atomic E-state index is 12.1. The SMILES string of the molecule is CN(C)C/C=C/C(=O)N1CC(COc2cc(-c3ccc(O)cc3)cc(N)c2C=N)C1. The molecule has 2 aromatic carbocycles. The van der Waals surface area contributed by atoms with Crippen molar-refractivity contribution in [3.8, 4) is 22.6 Å². The van der Waals surface area contributed by atoms with Gasteiger partial charge in [0.2, 0.25) is 5.91 Å². The smallest absolute Gasteiger partial charge is 0.246 e. The fourth-order valence-electron chi connectivity index (χ4n) is 3.28. The average molecular weight is 409 g/mol. The van der Waals surface area contributed by atoms with Crippen LogP contribution in [-0.2, 0) is 4.79 Å². The zero-order valence-electron chi connectivity index (χ0n) is 17.3. The first-order valence-corrected chi connectivity index (χ1v) is 9.83. The van der Waals surface area contributed by atoms with E-state index in [4.69, 9.17) is 15.9 Å². The van der Waals surface area contributed by atoms with Gasteiger partial charge in [0, 0.05) is 43.5 Å². The number of phenolic OH excluding ortho intramolecular Hbond substituents is 1. The summed E-state index contributed by atoms with van der Waals surface area (Å²) in [5, 5.41) is 17.2. The van der Waals surface area contributed by atoms with Gasteiger partial charge >= 0.3 is 0 Å². The van der Waals surface area contributed by atoms with Gasteiger partial charge in [0.05, 0.1) is 12.2 Å². The Hall–Kier alpha value is -3.32. The number of anilines is 1. The van der Waals surface area contributed by atoms with Crippen molar-refractivity contribution in [3.05, 3.63) is 54.1 Å². The van der Waals surface area contributed by atoms with Crippen LogP contribution in [0.4, 0.5) is 5.69 Å². The number of ether oxygens (including phenoxy) is 1. The number of rotatable bonds is 8. The fraction of sp³-hybridized carbons (Fsp3) is 0.304. The highest BCUT2D eigenvalue weighted by Gasteiger charge is 2.30. The molecular weight excluding hydrogens is 380 g/mol. The van der Waals surface area contributed by atoms with Crippen LogP contribution in [0.15, 0.2) is 48.6 Å². The van der Waals surface area contributed by atoms with Gasteiger partial charge in [0.25, 0.3) is 0 Å². The predicted molar refractivity (Wildman–Crippen MR) is 119 cm³/mol. The molecule has 1 aliphatic rings. The molecule has 1 saturated heterocycles. The van der Waals surface area contributed by atoms with E-state index in [1.54, 1.807) is 41.3 Å². The van der Waals surface area contributed by atoms with E-state index in [1.807, 2.05) is 31.1 Å². The second-order valence-electron chi connectivity index (χ2n) is 7.75. The molecule has 0 aliphatic carbocycles.